The standard InChI is InChI=1S/C18H19FO2/c1-11-5-7-15(9-13(11)3)18(20)14(4)21-16-8-6-12(2)17(19)10-16/h5-10,14H,1-4H3. The van der Waals surface area contributed by atoms with Gasteiger partial charge in [-0.3, -0.25) is 4.79 Å². The fourth-order valence-electron chi connectivity index (χ4n) is 2.03. The zero-order valence-corrected chi connectivity index (χ0v) is 12.7. The second kappa shape index (κ2) is 6.08. The number of carbonyl (C=O) groups is 1. The predicted octanol–water partition coefficient (Wildman–Crippen LogP) is 4.40. The summed E-state index contributed by atoms with van der Waals surface area (Å²) in [5.74, 6) is -0.0832. The van der Waals surface area contributed by atoms with E-state index in [1.54, 1.807) is 32.0 Å². The van der Waals surface area contributed by atoms with Crippen LogP contribution >= 0.6 is 0 Å². The van der Waals surface area contributed by atoms with Crippen LogP contribution in [0.3, 0.4) is 0 Å². The van der Waals surface area contributed by atoms with Gasteiger partial charge in [0.05, 0.1) is 0 Å². The molecule has 2 rings (SSSR count). The van der Waals surface area contributed by atoms with Gasteiger partial charge in [0.15, 0.2) is 6.10 Å². The van der Waals surface area contributed by atoms with Gasteiger partial charge in [0.25, 0.3) is 0 Å². The summed E-state index contributed by atoms with van der Waals surface area (Å²) in [7, 11) is 0. The van der Waals surface area contributed by atoms with Crippen LogP contribution < -0.4 is 4.74 Å². The first-order valence-electron chi connectivity index (χ1n) is 6.93. The van der Waals surface area contributed by atoms with Crippen LogP contribution in [0.5, 0.6) is 5.75 Å². The number of hydrogen-bond donors (Lipinski definition) is 0. The maximum Gasteiger partial charge on any atom is 0.203 e. The number of rotatable bonds is 4. The minimum Gasteiger partial charge on any atom is -0.482 e. The first-order valence-corrected chi connectivity index (χ1v) is 6.93. The van der Waals surface area contributed by atoms with Gasteiger partial charge in [-0.1, -0.05) is 18.2 Å². The van der Waals surface area contributed by atoms with Crippen LogP contribution in [0, 0.1) is 26.6 Å². The second-order valence-electron chi connectivity index (χ2n) is 5.33. The highest BCUT2D eigenvalue weighted by atomic mass is 19.1. The molecule has 3 heteroatoms. The number of hydrogen-bond acceptors (Lipinski definition) is 2. The summed E-state index contributed by atoms with van der Waals surface area (Å²) < 4.78 is 19.0. The van der Waals surface area contributed by atoms with Crippen molar-refractivity contribution in [2.45, 2.75) is 33.8 Å². The molecular weight excluding hydrogens is 267 g/mol. The molecule has 0 aliphatic heterocycles. The fourth-order valence-corrected chi connectivity index (χ4v) is 2.03. The average molecular weight is 286 g/mol. The molecule has 0 heterocycles. The Morgan fingerprint density at radius 2 is 1.67 bits per heavy atom. The predicted molar refractivity (Wildman–Crippen MR) is 81.5 cm³/mol. The van der Waals surface area contributed by atoms with Crippen LogP contribution in [-0.4, -0.2) is 11.9 Å². The number of halogens is 1. The summed E-state index contributed by atoms with van der Waals surface area (Å²) in [6.45, 7) is 7.32. The average Bonchev–Trinajstić information content (AvgIpc) is 2.45. The van der Waals surface area contributed by atoms with E-state index in [9.17, 15) is 9.18 Å². The molecule has 21 heavy (non-hydrogen) atoms. The number of Topliss-reactive ketones (excluding diaryl/α,β-unsaturated/α-hetero) is 1. The smallest absolute Gasteiger partial charge is 0.203 e. The Labute approximate surface area is 124 Å². The van der Waals surface area contributed by atoms with Crippen molar-refractivity contribution >= 4 is 5.78 Å². The van der Waals surface area contributed by atoms with Gasteiger partial charge in [-0.2, -0.15) is 0 Å². The van der Waals surface area contributed by atoms with Crippen LogP contribution in [-0.2, 0) is 0 Å². The highest BCUT2D eigenvalue weighted by Gasteiger charge is 2.17. The topological polar surface area (TPSA) is 26.3 Å². The van der Waals surface area contributed by atoms with E-state index < -0.39 is 6.10 Å². The van der Waals surface area contributed by atoms with E-state index in [4.69, 9.17) is 4.74 Å². The van der Waals surface area contributed by atoms with Gasteiger partial charge in [-0.15, -0.1) is 0 Å². The molecule has 0 radical (unpaired) electrons. The summed E-state index contributed by atoms with van der Waals surface area (Å²) in [5.41, 5.74) is 3.36. The molecule has 0 fully saturated rings. The van der Waals surface area contributed by atoms with Crippen molar-refractivity contribution in [2.75, 3.05) is 0 Å². The quantitative estimate of drug-likeness (QED) is 0.779. The zero-order chi connectivity index (χ0) is 15.6. The van der Waals surface area contributed by atoms with Crippen molar-refractivity contribution < 1.29 is 13.9 Å². The van der Waals surface area contributed by atoms with Gasteiger partial charge in [0.1, 0.15) is 11.6 Å². The molecule has 0 saturated heterocycles. The molecule has 0 spiro atoms. The number of ether oxygens (including phenoxy) is 1. The van der Waals surface area contributed by atoms with Gasteiger partial charge in [0, 0.05) is 11.6 Å². The molecule has 2 aromatic carbocycles. The molecule has 0 amide bonds. The Balaban J connectivity index is 2.15. The van der Waals surface area contributed by atoms with Crippen molar-refractivity contribution in [3.63, 3.8) is 0 Å². The molecule has 0 aliphatic carbocycles. The van der Waals surface area contributed by atoms with E-state index in [1.165, 1.54) is 6.07 Å². The maximum absolute atomic E-state index is 13.5. The molecule has 2 aromatic rings. The van der Waals surface area contributed by atoms with Crippen LogP contribution in [0.15, 0.2) is 36.4 Å². The molecule has 2 nitrogen and oxygen atoms in total. The molecule has 110 valence electrons. The van der Waals surface area contributed by atoms with Crippen molar-refractivity contribution in [1.29, 1.82) is 0 Å². The summed E-state index contributed by atoms with van der Waals surface area (Å²) in [6, 6.07) is 10.2. The highest BCUT2D eigenvalue weighted by Crippen LogP contribution is 2.19. The van der Waals surface area contributed by atoms with Gasteiger partial charge < -0.3 is 4.74 Å². The third-order valence-electron chi connectivity index (χ3n) is 3.62. The van der Waals surface area contributed by atoms with Crippen LogP contribution in [0.2, 0.25) is 0 Å². The fraction of sp³-hybridized carbons (Fsp3) is 0.278. The first kappa shape index (κ1) is 15.2. The Hall–Kier alpha value is -2.16. The minimum atomic E-state index is -0.658. The zero-order valence-electron chi connectivity index (χ0n) is 12.7. The summed E-state index contributed by atoms with van der Waals surface area (Å²) in [5, 5.41) is 0. The lowest BCUT2D eigenvalue weighted by molar-refractivity contribution is 0.0817. The molecule has 0 saturated carbocycles. The van der Waals surface area contributed by atoms with E-state index in [-0.39, 0.29) is 11.6 Å². The third-order valence-corrected chi connectivity index (χ3v) is 3.62. The Morgan fingerprint density at radius 1 is 1.00 bits per heavy atom. The van der Waals surface area contributed by atoms with Gasteiger partial charge in [-0.25, -0.2) is 4.39 Å². The van der Waals surface area contributed by atoms with Gasteiger partial charge in [0.2, 0.25) is 5.78 Å². The lowest BCUT2D eigenvalue weighted by Gasteiger charge is -2.15. The number of aryl methyl sites for hydroxylation is 3. The molecule has 0 N–H and O–H groups in total. The second-order valence-corrected chi connectivity index (χ2v) is 5.33. The largest absolute Gasteiger partial charge is 0.482 e. The monoisotopic (exact) mass is 286 g/mol. The van der Waals surface area contributed by atoms with Crippen LogP contribution in [0.25, 0.3) is 0 Å². The van der Waals surface area contributed by atoms with Crippen molar-refractivity contribution in [1.82, 2.24) is 0 Å². The Kier molecular flexibility index (Phi) is 4.41. The Bertz CT molecular complexity index is 677. The van der Waals surface area contributed by atoms with Crippen molar-refractivity contribution in [2.24, 2.45) is 0 Å². The molecular formula is C18H19FO2. The van der Waals surface area contributed by atoms with E-state index in [1.807, 2.05) is 26.0 Å². The van der Waals surface area contributed by atoms with Gasteiger partial charge >= 0.3 is 0 Å². The van der Waals surface area contributed by atoms with Crippen molar-refractivity contribution in [3.05, 3.63) is 64.5 Å². The third kappa shape index (κ3) is 3.48. The van der Waals surface area contributed by atoms with Gasteiger partial charge in [-0.05, 0) is 56.5 Å². The maximum atomic E-state index is 13.5. The number of ketones is 1. The lowest BCUT2D eigenvalue weighted by atomic mass is 10.0. The van der Waals surface area contributed by atoms with Crippen LogP contribution in [0.4, 0.5) is 4.39 Å². The molecule has 1 atom stereocenters. The van der Waals surface area contributed by atoms with Crippen molar-refractivity contribution in [3.8, 4) is 5.75 Å². The number of carbonyl (C=O) groups excluding carboxylic acids is 1. The minimum absolute atomic E-state index is 0.112. The van der Waals surface area contributed by atoms with E-state index >= 15 is 0 Å². The number of benzene rings is 2. The highest BCUT2D eigenvalue weighted by molar-refractivity contribution is 5.99. The first-order chi connectivity index (χ1) is 9.88. The summed E-state index contributed by atoms with van der Waals surface area (Å²) in [6.07, 6.45) is -0.658. The molecule has 0 aromatic heterocycles. The van der Waals surface area contributed by atoms with Crippen LogP contribution in [0.1, 0.15) is 34.0 Å². The summed E-state index contributed by atoms with van der Waals surface area (Å²) in [4.78, 5) is 12.3. The van der Waals surface area contributed by atoms with E-state index in [0.29, 0.717) is 16.9 Å². The molecule has 1 unspecified atom stereocenters. The molecule has 0 bridgehead atoms. The molecule has 0 aliphatic rings. The lowest BCUT2D eigenvalue weighted by Crippen LogP contribution is -2.24. The SMILES string of the molecule is Cc1ccc(C(=O)C(C)Oc2ccc(C)c(F)c2)cc1C. The van der Waals surface area contributed by atoms with E-state index in [0.717, 1.165) is 11.1 Å². The Morgan fingerprint density at radius 3 is 2.29 bits per heavy atom. The van der Waals surface area contributed by atoms with E-state index in [2.05, 4.69) is 0 Å². The normalized spacial score (nSPS) is 12.0. The summed E-state index contributed by atoms with van der Waals surface area (Å²) >= 11 is 0.